The third-order valence-corrected chi connectivity index (χ3v) is 5.27. The van der Waals surface area contributed by atoms with Crippen LogP contribution in [-0.4, -0.2) is 39.8 Å². The monoisotopic (exact) mass is 486 g/mol. The van der Waals surface area contributed by atoms with Crippen molar-refractivity contribution < 1.29 is 4.74 Å². The van der Waals surface area contributed by atoms with E-state index in [4.69, 9.17) is 4.74 Å². The van der Waals surface area contributed by atoms with Gasteiger partial charge in [0.05, 0.1) is 12.8 Å². The van der Waals surface area contributed by atoms with Crippen LogP contribution < -0.4 is 20.3 Å². The van der Waals surface area contributed by atoms with E-state index in [-0.39, 0.29) is 24.0 Å². The smallest absolute Gasteiger partial charge is 0.191 e. The fourth-order valence-electron chi connectivity index (χ4n) is 3.15. The van der Waals surface area contributed by atoms with E-state index in [0.29, 0.717) is 5.92 Å². The van der Waals surface area contributed by atoms with Crippen molar-refractivity contribution in [3.8, 4) is 5.75 Å². The lowest BCUT2D eigenvalue weighted by molar-refractivity contribution is 0.414. The van der Waals surface area contributed by atoms with Gasteiger partial charge in [-0.15, -0.1) is 24.0 Å². The van der Waals surface area contributed by atoms with Gasteiger partial charge in [0.1, 0.15) is 5.75 Å². The Bertz CT molecular complexity index is 693. The molecular formula is C19H27IN4OS. The number of halogens is 1. The highest BCUT2D eigenvalue weighted by Crippen LogP contribution is 2.31. The molecular weight excluding hydrogens is 459 g/mol. The molecule has 1 saturated heterocycles. The molecule has 2 heterocycles. The summed E-state index contributed by atoms with van der Waals surface area (Å²) in [6.45, 7) is 3.83. The standard InChI is InChI=1S/C19H26N4OS.HI/c1-20-19(22-12-16-8-10-25-14-16)21-11-15-7-9-23(13-15)17-5-3-4-6-18(17)24-2;/h3-6,8,10,14-15H,7,9,11-13H2,1-2H3,(H2,20,21,22);1H. The van der Waals surface area contributed by atoms with Crippen LogP contribution in [0.25, 0.3) is 0 Å². The number of hydrogen-bond donors (Lipinski definition) is 2. The van der Waals surface area contributed by atoms with Crippen LogP contribution in [0.3, 0.4) is 0 Å². The number of methoxy groups -OCH3 is 1. The van der Waals surface area contributed by atoms with Crippen LogP contribution in [0, 0.1) is 5.92 Å². The Labute approximate surface area is 176 Å². The van der Waals surface area contributed by atoms with Gasteiger partial charge < -0.3 is 20.3 Å². The van der Waals surface area contributed by atoms with Gasteiger partial charge in [0.2, 0.25) is 0 Å². The molecule has 0 aliphatic carbocycles. The molecule has 0 bridgehead atoms. The van der Waals surface area contributed by atoms with E-state index in [1.807, 2.05) is 19.2 Å². The Morgan fingerprint density at radius 1 is 1.31 bits per heavy atom. The zero-order valence-corrected chi connectivity index (χ0v) is 18.4. The zero-order valence-electron chi connectivity index (χ0n) is 15.3. The number of para-hydroxylation sites is 2. The van der Waals surface area contributed by atoms with E-state index in [0.717, 1.165) is 37.9 Å². The highest BCUT2D eigenvalue weighted by atomic mass is 127. The van der Waals surface area contributed by atoms with Crippen LogP contribution in [-0.2, 0) is 6.54 Å². The highest BCUT2D eigenvalue weighted by Gasteiger charge is 2.24. The predicted octanol–water partition coefficient (Wildman–Crippen LogP) is 3.57. The molecule has 1 unspecified atom stereocenters. The van der Waals surface area contributed by atoms with Crippen LogP contribution >= 0.6 is 35.3 Å². The number of nitrogens with zero attached hydrogens (tertiary/aromatic N) is 2. The minimum absolute atomic E-state index is 0. The summed E-state index contributed by atoms with van der Waals surface area (Å²) in [5, 5.41) is 11.1. The van der Waals surface area contributed by atoms with Crippen molar-refractivity contribution in [1.29, 1.82) is 0 Å². The first-order valence-electron chi connectivity index (χ1n) is 8.63. The molecule has 1 aliphatic heterocycles. The third kappa shape index (κ3) is 5.51. The molecule has 5 nitrogen and oxygen atoms in total. The maximum atomic E-state index is 5.49. The average molecular weight is 486 g/mol. The van der Waals surface area contributed by atoms with Crippen molar-refractivity contribution in [2.45, 2.75) is 13.0 Å². The van der Waals surface area contributed by atoms with Crippen LogP contribution in [0.15, 0.2) is 46.1 Å². The Balaban J connectivity index is 0.00000243. The quantitative estimate of drug-likeness (QED) is 0.373. The van der Waals surface area contributed by atoms with E-state index in [1.165, 1.54) is 17.7 Å². The lowest BCUT2D eigenvalue weighted by Crippen LogP contribution is -2.39. The normalized spacial score (nSPS) is 16.9. The lowest BCUT2D eigenvalue weighted by Gasteiger charge is -2.21. The summed E-state index contributed by atoms with van der Waals surface area (Å²) < 4.78 is 5.49. The molecule has 1 aromatic heterocycles. The molecule has 1 atom stereocenters. The topological polar surface area (TPSA) is 48.9 Å². The molecule has 1 aromatic carbocycles. The average Bonchev–Trinajstić information content (AvgIpc) is 3.33. The second kappa shape index (κ2) is 10.6. The number of aliphatic imine (C=N–C) groups is 1. The van der Waals surface area contributed by atoms with Gasteiger partial charge in [0, 0.05) is 33.2 Å². The Kier molecular flexibility index (Phi) is 8.50. The van der Waals surface area contributed by atoms with Gasteiger partial charge in [-0.2, -0.15) is 11.3 Å². The second-order valence-corrected chi connectivity index (χ2v) is 6.99. The van der Waals surface area contributed by atoms with Gasteiger partial charge in [0.25, 0.3) is 0 Å². The maximum absolute atomic E-state index is 5.49. The molecule has 26 heavy (non-hydrogen) atoms. The van der Waals surface area contributed by atoms with Gasteiger partial charge in [-0.25, -0.2) is 0 Å². The van der Waals surface area contributed by atoms with Crippen LogP contribution in [0.5, 0.6) is 5.75 Å². The summed E-state index contributed by atoms with van der Waals surface area (Å²) in [7, 11) is 3.55. The summed E-state index contributed by atoms with van der Waals surface area (Å²) in [5.74, 6) is 2.41. The Morgan fingerprint density at radius 2 is 2.15 bits per heavy atom. The molecule has 7 heteroatoms. The molecule has 1 aliphatic rings. The van der Waals surface area contributed by atoms with Gasteiger partial charge in [-0.3, -0.25) is 4.99 Å². The summed E-state index contributed by atoms with van der Waals surface area (Å²) in [6.07, 6.45) is 1.17. The molecule has 142 valence electrons. The first-order valence-corrected chi connectivity index (χ1v) is 9.58. The number of thiophene rings is 1. The molecule has 1 fully saturated rings. The second-order valence-electron chi connectivity index (χ2n) is 6.21. The molecule has 0 radical (unpaired) electrons. The van der Waals surface area contributed by atoms with Crippen LogP contribution in [0.1, 0.15) is 12.0 Å². The van der Waals surface area contributed by atoms with Crippen molar-refractivity contribution in [3.05, 3.63) is 46.7 Å². The number of anilines is 1. The zero-order chi connectivity index (χ0) is 17.5. The van der Waals surface area contributed by atoms with E-state index >= 15 is 0 Å². The summed E-state index contributed by atoms with van der Waals surface area (Å²) in [6, 6.07) is 10.4. The first kappa shape index (κ1) is 20.8. The number of rotatable bonds is 6. The maximum Gasteiger partial charge on any atom is 0.191 e. The number of nitrogens with one attached hydrogen (secondary N) is 2. The van der Waals surface area contributed by atoms with Gasteiger partial charge >= 0.3 is 0 Å². The third-order valence-electron chi connectivity index (χ3n) is 4.53. The summed E-state index contributed by atoms with van der Waals surface area (Å²) in [4.78, 5) is 6.73. The number of benzene rings is 1. The molecule has 0 saturated carbocycles. The molecule has 0 amide bonds. The number of guanidine groups is 1. The number of hydrogen-bond acceptors (Lipinski definition) is 4. The molecule has 2 aromatic rings. The fourth-order valence-corrected chi connectivity index (χ4v) is 3.82. The van der Waals surface area contributed by atoms with Gasteiger partial charge in [0.15, 0.2) is 5.96 Å². The summed E-state index contributed by atoms with van der Waals surface area (Å²) >= 11 is 1.72. The van der Waals surface area contributed by atoms with Crippen LogP contribution in [0.4, 0.5) is 5.69 Å². The van der Waals surface area contributed by atoms with Crippen molar-refractivity contribution >= 4 is 47.0 Å². The summed E-state index contributed by atoms with van der Waals surface area (Å²) in [5.41, 5.74) is 2.48. The molecule has 2 N–H and O–H groups in total. The van der Waals surface area contributed by atoms with E-state index in [2.05, 4.69) is 49.5 Å². The predicted molar refractivity (Wildman–Crippen MR) is 121 cm³/mol. The van der Waals surface area contributed by atoms with Crippen molar-refractivity contribution in [2.75, 3.05) is 38.7 Å². The largest absolute Gasteiger partial charge is 0.495 e. The minimum Gasteiger partial charge on any atom is -0.495 e. The van der Waals surface area contributed by atoms with Crippen molar-refractivity contribution in [3.63, 3.8) is 0 Å². The van der Waals surface area contributed by atoms with Crippen molar-refractivity contribution in [2.24, 2.45) is 10.9 Å². The highest BCUT2D eigenvalue weighted by molar-refractivity contribution is 14.0. The number of ether oxygens (including phenoxy) is 1. The van der Waals surface area contributed by atoms with Crippen LogP contribution in [0.2, 0.25) is 0 Å². The molecule has 0 spiro atoms. The van der Waals surface area contributed by atoms with E-state index in [1.54, 1.807) is 18.4 Å². The van der Waals surface area contributed by atoms with Gasteiger partial charge in [-0.1, -0.05) is 12.1 Å². The fraction of sp³-hybridized carbons (Fsp3) is 0.421. The Morgan fingerprint density at radius 3 is 2.88 bits per heavy atom. The first-order chi connectivity index (χ1) is 12.3. The van der Waals surface area contributed by atoms with Crippen molar-refractivity contribution in [1.82, 2.24) is 10.6 Å². The van der Waals surface area contributed by atoms with E-state index in [9.17, 15) is 0 Å². The molecule has 3 rings (SSSR count). The van der Waals surface area contributed by atoms with E-state index < -0.39 is 0 Å². The Hall–Kier alpha value is -1.48. The minimum atomic E-state index is 0. The SMILES string of the molecule is CN=C(NCc1ccsc1)NCC1CCN(c2ccccc2OC)C1.I. The van der Waals surface area contributed by atoms with Gasteiger partial charge in [-0.05, 0) is 46.9 Å². The lowest BCUT2D eigenvalue weighted by atomic mass is 10.1.